The minimum atomic E-state index is -1.25. The number of hydrogen-bond acceptors (Lipinski definition) is 1. The third kappa shape index (κ3) is 4.05. The molecule has 1 heterocycles. The standard InChI is InChI=1S/C19H24BrCl2N2P/c1-12-9-15(21)13(11-18(20)25(2,3)4)10-17(12)24-19(22)14-7-5-6-8-16(14)23-24/h9-10,18H,2,5-8,11H2,1,3-4H3. The van der Waals surface area contributed by atoms with Gasteiger partial charge in [-0.2, -0.15) is 5.10 Å². The number of aryl methyl sites for hydroxylation is 2. The topological polar surface area (TPSA) is 17.8 Å². The molecule has 25 heavy (non-hydrogen) atoms. The number of benzene rings is 1. The number of rotatable bonds is 4. The van der Waals surface area contributed by atoms with Gasteiger partial charge in [-0.25, -0.2) is 4.68 Å². The van der Waals surface area contributed by atoms with E-state index in [9.17, 15) is 0 Å². The molecule has 1 aromatic carbocycles. The number of aromatic nitrogens is 2. The van der Waals surface area contributed by atoms with Crippen LogP contribution in [0.3, 0.4) is 0 Å². The first-order valence-electron chi connectivity index (χ1n) is 8.56. The van der Waals surface area contributed by atoms with Crippen LogP contribution in [0.15, 0.2) is 12.1 Å². The van der Waals surface area contributed by atoms with E-state index in [1.807, 2.05) is 10.7 Å². The molecular formula is C19H24BrCl2N2P. The molecule has 0 fully saturated rings. The molecule has 2 aromatic rings. The maximum atomic E-state index is 6.67. The molecule has 0 radical (unpaired) electrons. The molecule has 1 aliphatic rings. The summed E-state index contributed by atoms with van der Waals surface area (Å²) in [6.07, 6.45) is 9.62. The highest BCUT2D eigenvalue weighted by molar-refractivity contribution is 9.10. The van der Waals surface area contributed by atoms with E-state index >= 15 is 0 Å². The van der Waals surface area contributed by atoms with Crippen LogP contribution < -0.4 is 0 Å². The smallest absolute Gasteiger partial charge is 0.136 e. The van der Waals surface area contributed by atoms with E-state index in [0.29, 0.717) is 4.57 Å². The normalized spacial score (nSPS) is 15.9. The first-order valence-corrected chi connectivity index (χ1v) is 13.2. The van der Waals surface area contributed by atoms with Crippen LogP contribution in [-0.2, 0) is 19.3 Å². The van der Waals surface area contributed by atoms with Gasteiger partial charge in [-0.3, -0.25) is 0 Å². The van der Waals surface area contributed by atoms with Crippen LogP contribution >= 0.6 is 46.0 Å². The lowest BCUT2D eigenvalue weighted by Gasteiger charge is -2.22. The summed E-state index contributed by atoms with van der Waals surface area (Å²) >= 11 is 17.0. The van der Waals surface area contributed by atoms with E-state index in [-0.39, 0.29) is 0 Å². The average molecular weight is 462 g/mol. The van der Waals surface area contributed by atoms with Gasteiger partial charge in [0.2, 0.25) is 0 Å². The molecule has 0 spiro atoms. The zero-order valence-corrected chi connectivity index (χ0v) is 18.9. The molecule has 1 aromatic heterocycles. The second kappa shape index (κ2) is 7.43. The third-order valence-corrected chi connectivity index (χ3v) is 10.9. The first-order chi connectivity index (χ1) is 11.7. The van der Waals surface area contributed by atoms with Crippen LogP contribution in [-0.4, -0.2) is 34.0 Å². The quantitative estimate of drug-likeness (QED) is 0.383. The molecule has 3 rings (SSSR count). The van der Waals surface area contributed by atoms with Crippen molar-refractivity contribution in [1.82, 2.24) is 9.78 Å². The van der Waals surface area contributed by atoms with Crippen LogP contribution in [0.1, 0.15) is 35.2 Å². The molecule has 1 aliphatic carbocycles. The Morgan fingerprint density at radius 2 is 1.96 bits per heavy atom. The van der Waals surface area contributed by atoms with Gasteiger partial charge in [0.05, 0.1) is 11.4 Å². The lowest BCUT2D eigenvalue weighted by atomic mass is 9.98. The summed E-state index contributed by atoms with van der Waals surface area (Å²) in [6, 6.07) is 4.17. The van der Waals surface area contributed by atoms with E-state index in [0.717, 1.165) is 51.9 Å². The van der Waals surface area contributed by atoms with Crippen molar-refractivity contribution in [3.8, 4) is 5.69 Å². The molecule has 136 valence electrons. The van der Waals surface area contributed by atoms with Gasteiger partial charge >= 0.3 is 0 Å². The molecule has 0 aliphatic heterocycles. The summed E-state index contributed by atoms with van der Waals surface area (Å²) in [4.78, 5) is 0. The molecule has 0 saturated carbocycles. The Morgan fingerprint density at radius 1 is 1.28 bits per heavy atom. The number of alkyl halides is 1. The molecule has 0 bridgehead atoms. The molecule has 1 atom stereocenters. The largest absolute Gasteiger partial charge is 0.221 e. The summed E-state index contributed by atoms with van der Waals surface area (Å²) in [5.41, 5.74) is 5.59. The Kier molecular flexibility index (Phi) is 5.81. The van der Waals surface area contributed by atoms with Gasteiger partial charge < -0.3 is 0 Å². The minimum Gasteiger partial charge on any atom is -0.221 e. The molecular weight excluding hydrogens is 438 g/mol. The van der Waals surface area contributed by atoms with Gasteiger partial charge in [0, 0.05) is 15.2 Å². The fourth-order valence-corrected chi connectivity index (χ4v) is 4.86. The Morgan fingerprint density at radius 3 is 2.60 bits per heavy atom. The van der Waals surface area contributed by atoms with Crippen molar-refractivity contribution in [1.29, 1.82) is 0 Å². The Bertz CT molecular complexity index is 854. The maximum absolute atomic E-state index is 6.67. The number of nitrogens with zero attached hydrogens (tertiary/aromatic N) is 2. The predicted molar refractivity (Wildman–Crippen MR) is 117 cm³/mol. The summed E-state index contributed by atoms with van der Waals surface area (Å²) in [6.45, 7) is 5.28. The van der Waals surface area contributed by atoms with Gasteiger partial charge in [0.15, 0.2) is 0 Å². The summed E-state index contributed by atoms with van der Waals surface area (Å²) < 4.78 is 2.25. The van der Waals surface area contributed by atoms with E-state index in [2.05, 4.69) is 48.5 Å². The third-order valence-electron chi connectivity index (χ3n) is 4.83. The first kappa shape index (κ1) is 19.5. The molecule has 0 saturated heterocycles. The van der Waals surface area contributed by atoms with Crippen molar-refractivity contribution in [3.05, 3.63) is 44.7 Å². The lowest BCUT2D eigenvalue weighted by Crippen LogP contribution is -2.07. The molecule has 6 heteroatoms. The highest BCUT2D eigenvalue weighted by Gasteiger charge is 2.22. The summed E-state index contributed by atoms with van der Waals surface area (Å²) in [7, 11) is 0. The average Bonchev–Trinajstić information content (AvgIpc) is 2.86. The Balaban J connectivity index is 2.04. The van der Waals surface area contributed by atoms with Crippen LogP contribution in [0.2, 0.25) is 10.2 Å². The number of halogens is 3. The van der Waals surface area contributed by atoms with Crippen molar-refractivity contribution >= 4 is 52.3 Å². The van der Waals surface area contributed by atoms with Gasteiger partial charge in [0.1, 0.15) is 5.15 Å². The maximum Gasteiger partial charge on any atom is 0.136 e. The Labute approximate surface area is 169 Å². The van der Waals surface area contributed by atoms with E-state index in [1.165, 1.54) is 18.4 Å². The highest BCUT2D eigenvalue weighted by Crippen LogP contribution is 2.47. The fraction of sp³-hybridized carbons (Fsp3) is 0.474. The molecule has 2 nitrogen and oxygen atoms in total. The fourth-order valence-electron chi connectivity index (χ4n) is 3.19. The second-order valence-corrected chi connectivity index (χ2v) is 14.2. The highest BCUT2D eigenvalue weighted by atomic mass is 79.9. The number of fused-ring (bicyclic) bond motifs is 1. The lowest BCUT2D eigenvalue weighted by molar-refractivity contribution is 0.671. The second-order valence-electron chi connectivity index (χ2n) is 7.48. The van der Waals surface area contributed by atoms with Crippen LogP contribution in [0.25, 0.3) is 5.69 Å². The van der Waals surface area contributed by atoms with Crippen LogP contribution in [0, 0.1) is 6.92 Å². The van der Waals surface area contributed by atoms with Crippen molar-refractivity contribution in [2.75, 3.05) is 13.3 Å². The van der Waals surface area contributed by atoms with E-state index < -0.39 is 6.89 Å². The van der Waals surface area contributed by atoms with Gasteiger partial charge in [-0.1, -0.05) is 39.1 Å². The van der Waals surface area contributed by atoms with Crippen LogP contribution in [0.5, 0.6) is 0 Å². The SMILES string of the molecule is C=P(C)(C)C(Br)Cc1cc(-n2nc3c(c2Cl)CCCC3)c(C)cc1Cl. The predicted octanol–water partition coefficient (Wildman–Crippen LogP) is 6.34. The van der Waals surface area contributed by atoms with E-state index in [4.69, 9.17) is 28.3 Å². The van der Waals surface area contributed by atoms with E-state index in [1.54, 1.807) is 0 Å². The number of hydrogen-bond donors (Lipinski definition) is 0. The molecule has 0 N–H and O–H groups in total. The Hall–Kier alpha value is -0.210. The van der Waals surface area contributed by atoms with Gasteiger partial charge in [-0.15, -0.1) is 13.2 Å². The van der Waals surface area contributed by atoms with Crippen molar-refractivity contribution in [3.63, 3.8) is 0 Å². The van der Waals surface area contributed by atoms with Crippen LogP contribution in [0.4, 0.5) is 0 Å². The summed E-state index contributed by atoms with van der Waals surface area (Å²) in [5.74, 6) is 0. The monoisotopic (exact) mass is 460 g/mol. The zero-order valence-electron chi connectivity index (χ0n) is 15.0. The van der Waals surface area contributed by atoms with Gasteiger partial charge in [-0.05, 0) is 75.6 Å². The van der Waals surface area contributed by atoms with Crippen molar-refractivity contribution in [2.24, 2.45) is 0 Å². The molecule has 1 unspecified atom stereocenters. The molecule has 0 amide bonds. The van der Waals surface area contributed by atoms with Crippen molar-refractivity contribution in [2.45, 2.75) is 43.6 Å². The summed E-state index contributed by atoms with van der Waals surface area (Å²) in [5, 5.41) is 6.36. The van der Waals surface area contributed by atoms with Crippen molar-refractivity contribution < 1.29 is 0 Å². The zero-order chi connectivity index (χ0) is 18.4. The minimum absolute atomic E-state index is 0.342. The van der Waals surface area contributed by atoms with Gasteiger partial charge in [0.25, 0.3) is 0 Å².